The molecule has 38 heavy (non-hydrogen) atoms. The van der Waals surface area contributed by atoms with Crippen molar-refractivity contribution in [3.63, 3.8) is 0 Å². The van der Waals surface area contributed by atoms with Gasteiger partial charge in [-0.1, -0.05) is 81.5 Å². The highest BCUT2D eigenvalue weighted by atomic mass is 79.9. The van der Waals surface area contributed by atoms with Gasteiger partial charge in [0.1, 0.15) is 17.3 Å². The molecule has 11 heteroatoms. The molecular formula is C27H19BrFN3O4S2. The summed E-state index contributed by atoms with van der Waals surface area (Å²) in [6, 6.07) is 19.2. The summed E-state index contributed by atoms with van der Waals surface area (Å²) in [5, 5.41) is 19.8. The molecule has 0 bridgehead atoms. The Labute approximate surface area is 234 Å². The van der Waals surface area contributed by atoms with E-state index < -0.39 is 17.7 Å². The number of thioether (sulfide) groups is 1. The van der Waals surface area contributed by atoms with E-state index in [0.29, 0.717) is 32.5 Å². The number of aliphatic hydroxyl groups excluding tert-OH is 1. The van der Waals surface area contributed by atoms with Crippen LogP contribution in [0.5, 0.6) is 5.75 Å². The predicted octanol–water partition coefficient (Wildman–Crippen LogP) is 6.37. The van der Waals surface area contributed by atoms with Crippen LogP contribution in [0.4, 0.5) is 9.52 Å². The first-order chi connectivity index (χ1) is 18.4. The quantitative estimate of drug-likeness (QED) is 0.0853. The van der Waals surface area contributed by atoms with Crippen molar-refractivity contribution in [2.45, 2.75) is 16.1 Å². The summed E-state index contributed by atoms with van der Waals surface area (Å²) in [5.74, 6) is -1.45. The Kier molecular flexibility index (Phi) is 7.59. The van der Waals surface area contributed by atoms with E-state index in [2.05, 4.69) is 26.1 Å². The fourth-order valence-corrected chi connectivity index (χ4v) is 6.15. The second-order valence-electron chi connectivity index (χ2n) is 8.18. The Bertz CT molecular complexity index is 1560. The minimum absolute atomic E-state index is 0.0682. The van der Waals surface area contributed by atoms with E-state index >= 15 is 0 Å². The summed E-state index contributed by atoms with van der Waals surface area (Å²) in [6.45, 7) is 0. The van der Waals surface area contributed by atoms with Gasteiger partial charge in [-0.15, -0.1) is 10.2 Å². The van der Waals surface area contributed by atoms with E-state index in [-0.39, 0.29) is 22.3 Å². The average molecular weight is 613 g/mol. The molecule has 192 valence electrons. The number of aliphatic hydroxyl groups is 1. The zero-order valence-corrected chi connectivity index (χ0v) is 23.0. The van der Waals surface area contributed by atoms with Gasteiger partial charge in [-0.3, -0.25) is 14.5 Å². The molecule has 1 fully saturated rings. The maximum atomic E-state index is 14.0. The van der Waals surface area contributed by atoms with Crippen molar-refractivity contribution in [2.24, 2.45) is 0 Å². The Morgan fingerprint density at radius 2 is 1.87 bits per heavy atom. The SMILES string of the molecule is COc1cccc(C2/C(=C(/O)c3ccc(Br)cc3)C(=O)C(=O)N2c2nnc(SCc3ccccc3F)s2)c1. The number of aromatic nitrogens is 2. The third-order valence-corrected chi connectivity index (χ3v) is 8.52. The van der Waals surface area contributed by atoms with Crippen LogP contribution in [0.25, 0.3) is 5.76 Å². The molecule has 0 saturated carbocycles. The van der Waals surface area contributed by atoms with Gasteiger partial charge in [0.05, 0.1) is 18.7 Å². The number of ketones is 1. The van der Waals surface area contributed by atoms with Gasteiger partial charge in [-0.2, -0.15) is 0 Å². The number of halogens is 2. The zero-order valence-electron chi connectivity index (χ0n) is 19.8. The number of amides is 1. The fourth-order valence-electron chi connectivity index (χ4n) is 4.03. The Balaban J connectivity index is 1.56. The van der Waals surface area contributed by atoms with Crippen LogP contribution in [-0.2, 0) is 15.3 Å². The number of carbonyl (C=O) groups is 2. The van der Waals surface area contributed by atoms with Crippen LogP contribution in [0, 0.1) is 5.82 Å². The van der Waals surface area contributed by atoms with Crippen molar-refractivity contribution in [1.82, 2.24) is 10.2 Å². The molecule has 0 spiro atoms. The minimum atomic E-state index is -0.967. The molecule has 1 unspecified atom stereocenters. The fraction of sp³-hybridized carbons (Fsp3) is 0.111. The summed E-state index contributed by atoms with van der Waals surface area (Å²) in [7, 11) is 1.52. The first-order valence-corrected chi connectivity index (χ1v) is 13.9. The van der Waals surface area contributed by atoms with Crippen molar-refractivity contribution in [1.29, 1.82) is 0 Å². The predicted molar refractivity (Wildman–Crippen MR) is 148 cm³/mol. The molecule has 5 rings (SSSR count). The third-order valence-electron chi connectivity index (χ3n) is 5.88. The van der Waals surface area contributed by atoms with E-state index in [1.165, 1.54) is 29.8 Å². The molecule has 1 atom stereocenters. The van der Waals surface area contributed by atoms with Crippen molar-refractivity contribution >= 4 is 61.6 Å². The molecule has 1 saturated heterocycles. The first kappa shape index (κ1) is 26.1. The maximum absolute atomic E-state index is 14.0. The molecule has 1 N–H and O–H groups in total. The third kappa shape index (κ3) is 5.09. The monoisotopic (exact) mass is 611 g/mol. The highest BCUT2D eigenvalue weighted by Gasteiger charge is 2.48. The molecule has 1 aliphatic rings. The molecule has 1 aliphatic heterocycles. The van der Waals surface area contributed by atoms with Crippen LogP contribution in [-0.4, -0.2) is 34.1 Å². The molecule has 3 aromatic carbocycles. The van der Waals surface area contributed by atoms with Gasteiger partial charge in [0, 0.05) is 15.8 Å². The van der Waals surface area contributed by atoms with Crippen LogP contribution in [0.2, 0.25) is 0 Å². The maximum Gasteiger partial charge on any atom is 0.301 e. The normalized spacial score (nSPS) is 16.7. The summed E-state index contributed by atoms with van der Waals surface area (Å²) < 4.78 is 20.7. The number of hydrogen-bond donors (Lipinski definition) is 1. The second kappa shape index (κ2) is 11.1. The highest BCUT2D eigenvalue weighted by molar-refractivity contribution is 9.10. The number of benzene rings is 3. The molecule has 4 aromatic rings. The Morgan fingerprint density at radius 1 is 1.11 bits per heavy atom. The number of Topliss-reactive ketones (excluding diaryl/α,β-unsaturated/α-hetero) is 1. The van der Waals surface area contributed by atoms with E-state index in [1.54, 1.807) is 66.7 Å². The van der Waals surface area contributed by atoms with Crippen LogP contribution in [0.3, 0.4) is 0 Å². The van der Waals surface area contributed by atoms with Gasteiger partial charge in [0.25, 0.3) is 5.78 Å². The lowest BCUT2D eigenvalue weighted by Gasteiger charge is -2.22. The highest BCUT2D eigenvalue weighted by Crippen LogP contribution is 2.44. The van der Waals surface area contributed by atoms with E-state index in [9.17, 15) is 19.1 Å². The Hall–Kier alpha value is -3.54. The molecule has 7 nitrogen and oxygen atoms in total. The van der Waals surface area contributed by atoms with Gasteiger partial charge < -0.3 is 9.84 Å². The Morgan fingerprint density at radius 3 is 2.61 bits per heavy atom. The molecule has 0 aliphatic carbocycles. The standard InChI is InChI=1S/C27H19BrFN3O4S2/c1-36-19-7-4-6-16(13-19)22-21(23(33)15-9-11-18(28)12-10-15)24(34)25(35)32(22)26-30-31-27(38-26)37-14-17-5-2-3-8-20(17)29/h2-13,22,33H,14H2,1H3/b23-21-. The van der Waals surface area contributed by atoms with Gasteiger partial charge in [0.2, 0.25) is 5.13 Å². The molecule has 0 radical (unpaired) electrons. The molecule has 1 aromatic heterocycles. The smallest absolute Gasteiger partial charge is 0.301 e. The van der Waals surface area contributed by atoms with Gasteiger partial charge in [0.15, 0.2) is 4.34 Å². The second-order valence-corrected chi connectivity index (χ2v) is 11.3. The number of carbonyl (C=O) groups excluding carboxylic acids is 2. The lowest BCUT2D eigenvalue weighted by atomic mass is 9.95. The van der Waals surface area contributed by atoms with Crippen molar-refractivity contribution < 1.29 is 23.8 Å². The zero-order chi connectivity index (χ0) is 26.8. The summed E-state index contributed by atoms with van der Waals surface area (Å²) in [4.78, 5) is 27.9. The van der Waals surface area contributed by atoms with E-state index in [1.807, 2.05) is 0 Å². The van der Waals surface area contributed by atoms with Crippen molar-refractivity contribution in [2.75, 3.05) is 12.0 Å². The van der Waals surface area contributed by atoms with Crippen LogP contribution in [0.1, 0.15) is 22.7 Å². The number of nitrogens with zero attached hydrogens (tertiary/aromatic N) is 3. The number of rotatable bonds is 7. The summed E-state index contributed by atoms with van der Waals surface area (Å²) in [6.07, 6.45) is 0. The average Bonchev–Trinajstić information content (AvgIpc) is 3.50. The van der Waals surface area contributed by atoms with E-state index in [4.69, 9.17) is 4.74 Å². The van der Waals surface area contributed by atoms with Crippen LogP contribution in [0.15, 0.2) is 87.2 Å². The van der Waals surface area contributed by atoms with Gasteiger partial charge in [-0.05, 0) is 41.5 Å². The van der Waals surface area contributed by atoms with Crippen molar-refractivity contribution in [3.8, 4) is 5.75 Å². The molecular weight excluding hydrogens is 593 g/mol. The molecule has 2 heterocycles. The number of methoxy groups -OCH3 is 1. The lowest BCUT2D eigenvalue weighted by molar-refractivity contribution is -0.132. The summed E-state index contributed by atoms with van der Waals surface area (Å²) >= 11 is 5.74. The molecule has 1 amide bonds. The van der Waals surface area contributed by atoms with Crippen molar-refractivity contribution in [3.05, 3.63) is 105 Å². The number of ether oxygens (including phenoxy) is 1. The first-order valence-electron chi connectivity index (χ1n) is 11.3. The van der Waals surface area contributed by atoms with Crippen LogP contribution >= 0.6 is 39.0 Å². The van der Waals surface area contributed by atoms with Gasteiger partial charge >= 0.3 is 5.91 Å². The number of anilines is 1. The summed E-state index contributed by atoms with van der Waals surface area (Å²) in [5.41, 5.74) is 1.39. The van der Waals surface area contributed by atoms with E-state index in [0.717, 1.165) is 15.8 Å². The topological polar surface area (TPSA) is 92.6 Å². The van der Waals surface area contributed by atoms with Crippen LogP contribution < -0.4 is 9.64 Å². The largest absolute Gasteiger partial charge is 0.507 e. The number of hydrogen-bond acceptors (Lipinski definition) is 8. The van der Waals surface area contributed by atoms with Gasteiger partial charge in [-0.25, -0.2) is 4.39 Å². The lowest BCUT2D eigenvalue weighted by Crippen LogP contribution is -2.29. The minimum Gasteiger partial charge on any atom is -0.507 e.